The molecule has 2 aliphatic rings. The normalized spacial score (nSPS) is 29.3. The minimum atomic E-state index is -0.585. The standard InChI is InChI=1S/C18H26N2O2/c1-14-11-20(13-18(14,22)16-8-5-9-16)12-17(21)19-10-15-6-3-2-4-7-15/h2-4,6-7,14,16,22H,5,8-13H2,1H3,(H,19,21)/t14-,18+/m1/s1. The van der Waals surface area contributed by atoms with E-state index in [2.05, 4.69) is 17.1 Å². The summed E-state index contributed by atoms with van der Waals surface area (Å²) in [6.07, 6.45) is 3.50. The van der Waals surface area contributed by atoms with Crippen molar-refractivity contribution >= 4 is 5.91 Å². The van der Waals surface area contributed by atoms with Gasteiger partial charge in [0, 0.05) is 19.6 Å². The molecule has 1 aliphatic heterocycles. The van der Waals surface area contributed by atoms with Crippen molar-refractivity contribution in [1.29, 1.82) is 0 Å². The molecule has 4 heteroatoms. The van der Waals surface area contributed by atoms with E-state index in [1.807, 2.05) is 30.3 Å². The molecule has 0 spiro atoms. The maximum atomic E-state index is 12.1. The van der Waals surface area contributed by atoms with E-state index in [1.165, 1.54) is 6.42 Å². The van der Waals surface area contributed by atoms with Crippen LogP contribution in [0.25, 0.3) is 0 Å². The van der Waals surface area contributed by atoms with E-state index in [9.17, 15) is 9.90 Å². The van der Waals surface area contributed by atoms with Crippen LogP contribution in [0.5, 0.6) is 0 Å². The quantitative estimate of drug-likeness (QED) is 0.872. The molecule has 0 unspecified atom stereocenters. The lowest BCUT2D eigenvalue weighted by atomic mass is 9.69. The van der Waals surface area contributed by atoms with Crippen LogP contribution in [0.4, 0.5) is 0 Å². The highest BCUT2D eigenvalue weighted by molar-refractivity contribution is 5.78. The number of nitrogens with zero attached hydrogens (tertiary/aromatic N) is 1. The smallest absolute Gasteiger partial charge is 0.234 e. The van der Waals surface area contributed by atoms with Gasteiger partial charge in [0.1, 0.15) is 0 Å². The minimum absolute atomic E-state index is 0.0360. The molecule has 1 aromatic rings. The summed E-state index contributed by atoms with van der Waals surface area (Å²) in [5, 5.41) is 13.9. The molecule has 2 atom stereocenters. The number of hydrogen-bond acceptors (Lipinski definition) is 3. The lowest BCUT2D eigenvalue weighted by molar-refractivity contribution is -0.122. The summed E-state index contributed by atoms with van der Waals surface area (Å²) >= 11 is 0. The number of rotatable bonds is 5. The third-order valence-corrected chi connectivity index (χ3v) is 5.37. The van der Waals surface area contributed by atoms with Gasteiger partial charge in [-0.15, -0.1) is 0 Å². The first kappa shape index (κ1) is 15.5. The van der Waals surface area contributed by atoms with E-state index >= 15 is 0 Å². The number of likely N-dealkylation sites (tertiary alicyclic amines) is 1. The third kappa shape index (κ3) is 3.18. The Labute approximate surface area is 132 Å². The molecule has 22 heavy (non-hydrogen) atoms. The lowest BCUT2D eigenvalue weighted by Crippen LogP contribution is -2.48. The van der Waals surface area contributed by atoms with Gasteiger partial charge in [0.25, 0.3) is 0 Å². The zero-order valence-corrected chi connectivity index (χ0v) is 13.3. The number of nitrogens with one attached hydrogen (secondary N) is 1. The average Bonchev–Trinajstić information content (AvgIpc) is 2.70. The molecule has 0 radical (unpaired) electrons. The molecule has 2 fully saturated rings. The highest BCUT2D eigenvalue weighted by atomic mass is 16.3. The van der Waals surface area contributed by atoms with Crippen LogP contribution in [0.15, 0.2) is 30.3 Å². The van der Waals surface area contributed by atoms with Gasteiger partial charge in [-0.05, 0) is 30.2 Å². The number of benzene rings is 1. The average molecular weight is 302 g/mol. The summed E-state index contributed by atoms with van der Waals surface area (Å²) in [5.41, 5.74) is 0.523. The Morgan fingerprint density at radius 3 is 2.73 bits per heavy atom. The number of aliphatic hydroxyl groups is 1. The molecular formula is C18H26N2O2. The molecule has 1 saturated heterocycles. The van der Waals surface area contributed by atoms with Crippen molar-refractivity contribution in [1.82, 2.24) is 10.2 Å². The van der Waals surface area contributed by atoms with E-state index in [4.69, 9.17) is 0 Å². The molecule has 1 aliphatic carbocycles. The zero-order chi connectivity index (χ0) is 15.6. The first-order valence-electron chi connectivity index (χ1n) is 8.33. The van der Waals surface area contributed by atoms with E-state index in [0.29, 0.717) is 25.6 Å². The fourth-order valence-electron chi connectivity index (χ4n) is 3.74. The first-order valence-corrected chi connectivity index (χ1v) is 8.33. The fraction of sp³-hybridized carbons (Fsp3) is 0.611. The van der Waals surface area contributed by atoms with Gasteiger partial charge >= 0.3 is 0 Å². The van der Waals surface area contributed by atoms with Gasteiger partial charge in [-0.25, -0.2) is 0 Å². The van der Waals surface area contributed by atoms with Crippen molar-refractivity contribution < 1.29 is 9.90 Å². The number of amides is 1. The van der Waals surface area contributed by atoms with Crippen molar-refractivity contribution in [3.63, 3.8) is 0 Å². The second kappa shape index (κ2) is 6.39. The highest BCUT2D eigenvalue weighted by Gasteiger charge is 2.49. The van der Waals surface area contributed by atoms with Gasteiger partial charge in [0.15, 0.2) is 0 Å². The highest BCUT2D eigenvalue weighted by Crippen LogP contribution is 2.43. The van der Waals surface area contributed by atoms with Crippen molar-refractivity contribution in [2.24, 2.45) is 11.8 Å². The number of carbonyl (C=O) groups excluding carboxylic acids is 1. The van der Waals surface area contributed by atoms with Crippen LogP contribution in [0.2, 0.25) is 0 Å². The van der Waals surface area contributed by atoms with Crippen molar-refractivity contribution in [3.8, 4) is 0 Å². The molecule has 0 bridgehead atoms. The Bertz CT molecular complexity index is 515. The third-order valence-electron chi connectivity index (χ3n) is 5.37. The molecule has 0 aromatic heterocycles. The zero-order valence-electron chi connectivity index (χ0n) is 13.3. The minimum Gasteiger partial charge on any atom is -0.388 e. The monoisotopic (exact) mass is 302 g/mol. The van der Waals surface area contributed by atoms with Gasteiger partial charge in [-0.2, -0.15) is 0 Å². The van der Waals surface area contributed by atoms with Crippen LogP contribution in [-0.4, -0.2) is 41.1 Å². The van der Waals surface area contributed by atoms with Crippen LogP contribution in [0.1, 0.15) is 31.7 Å². The van der Waals surface area contributed by atoms with Crippen molar-refractivity contribution in [2.75, 3.05) is 19.6 Å². The van der Waals surface area contributed by atoms with Gasteiger partial charge in [-0.1, -0.05) is 43.7 Å². The molecule has 4 nitrogen and oxygen atoms in total. The summed E-state index contributed by atoms with van der Waals surface area (Å²) < 4.78 is 0. The summed E-state index contributed by atoms with van der Waals surface area (Å²) in [5.74, 6) is 0.716. The number of hydrogen-bond donors (Lipinski definition) is 2. The molecule has 1 aromatic carbocycles. The van der Waals surface area contributed by atoms with Gasteiger partial charge < -0.3 is 10.4 Å². The molecule has 120 valence electrons. The maximum Gasteiger partial charge on any atom is 0.234 e. The second-order valence-corrected chi connectivity index (χ2v) is 6.95. The Morgan fingerprint density at radius 2 is 2.09 bits per heavy atom. The molecule has 3 rings (SSSR count). The fourth-order valence-corrected chi connectivity index (χ4v) is 3.74. The number of β-amino-alcohol motifs (C(OH)–C–C–N with tert-alkyl or cyclic N) is 1. The van der Waals surface area contributed by atoms with Crippen molar-refractivity contribution in [3.05, 3.63) is 35.9 Å². The predicted octanol–water partition coefficient (Wildman–Crippen LogP) is 1.79. The van der Waals surface area contributed by atoms with Crippen LogP contribution in [0, 0.1) is 11.8 Å². The Morgan fingerprint density at radius 1 is 1.36 bits per heavy atom. The molecular weight excluding hydrogens is 276 g/mol. The maximum absolute atomic E-state index is 12.1. The van der Waals surface area contributed by atoms with E-state index in [1.54, 1.807) is 0 Å². The van der Waals surface area contributed by atoms with E-state index < -0.39 is 5.60 Å². The Hall–Kier alpha value is -1.39. The molecule has 1 amide bonds. The van der Waals surface area contributed by atoms with E-state index in [0.717, 1.165) is 24.9 Å². The predicted molar refractivity (Wildman–Crippen MR) is 86.2 cm³/mol. The van der Waals surface area contributed by atoms with Crippen LogP contribution < -0.4 is 5.32 Å². The number of carbonyl (C=O) groups is 1. The SMILES string of the molecule is C[C@@H]1CN(CC(=O)NCc2ccccc2)C[C@@]1(O)C1CCC1. The van der Waals surface area contributed by atoms with Gasteiger partial charge in [-0.3, -0.25) is 9.69 Å². The molecule has 1 heterocycles. The van der Waals surface area contributed by atoms with Crippen molar-refractivity contribution in [2.45, 2.75) is 38.3 Å². The van der Waals surface area contributed by atoms with Crippen LogP contribution >= 0.6 is 0 Å². The lowest BCUT2D eigenvalue weighted by Gasteiger charge is -2.41. The summed E-state index contributed by atoms with van der Waals surface area (Å²) in [6, 6.07) is 9.93. The largest absolute Gasteiger partial charge is 0.388 e. The second-order valence-electron chi connectivity index (χ2n) is 6.95. The summed E-state index contributed by atoms with van der Waals surface area (Å²) in [6.45, 7) is 4.51. The van der Waals surface area contributed by atoms with Crippen LogP contribution in [-0.2, 0) is 11.3 Å². The van der Waals surface area contributed by atoms with Gasteiger partial charge in [0.2, 0.25) is 5.91 Å². The van der Waals surface area contributed by atoms with E-state index in [-0.39, 0.29) is 11.8 Å². The molecule has 1 saturated carbocycles. The molecule has 2 N–H and O–H groups in total. The topological polar surface area (TPSA) is 52.6 Å². The Balaban J connectivity index is 1.48. The summed E-state index contributed by atoms with van der Waals surface area (Å²) in [4.78, 5) is 14.2. The summed E-state index contributed by atoms with van der Waals surface area (Å²) in [7, 11) is 0. The first-order chi connectivity index (χ1) is 10.6. The van der Waals surface area contributed by atoms with Gasteiger partial charge in [0.05, 0.1) is 12.1 Å². The van der Waals surface area contributed by atoms with Crippen LogP contribution in [0.3, 0.4) is 0 Å². The Kier molecular flexibility index (Phi) is 4.50.